The Bertz CT molecular complexity index is 853. The molecule has 0 N–H and O–H groups in total. The van der Waals surface area contributed by atoms with Crippen LogP contribution in [0.4, 0.5) is 0 Å². The molecule has 5 nitrogen and oxygen atoms in total. The van der Waals surface area contributed by atoms with Gasteiger partial charge in [0.2, 0.25) is 5.91 Å². The molecule has 0 radical (unpaired) electrons. The highest BCUT2D eigenvalue weighted by Crippen LogP contribution is 2.30. The summed E-state index contributed by atoms with van der Waals surface area (Å²) >= 11 is 1.70. The lowest BCUT2D eigenvalue weighted by molar-refractivity contribution is -0.175. The SMILES string of the molecule is CN(C)C(=O)C1(Cc2ccc(-c3cccs3)cc2)CN(C(=O)C(C)(C)C)CCO1. The Balaban J connectivity index is 1.87. The van der Waals surface area contributed by atoms with Crippen LogP contribution in [0.25, 0.3) is 10.4 Å². The van der Waals surface area contributed by atoms with Gasteiger partial charge in [0.1, 0.15) is 0 Å². The Kier molecular flexibility index (Phi) is 6.15. The zero-order chi connectivity index (χ0) is 21.2. The molecule has 1 unspecified atom stereocenters. The van der Waals surface area contributed by atoms with Gasteiger partial charge in [-0.2, -0.15) is 0 Å². The topological polar surface area (TPSA) is 49.9 Å². The molecule has 0 aliphatic carbocycles. The van der Waals surface area contributed by atoms with E-state index < -0.39 is 11.0 Å². The number of benzene rings is 1. The lowest BCUT2D eigenvalue weighted by atomic mass is 9.88. The molecule has 2 amide bonds. The summed E-state index contributed by atoms with van der Waals surface area (Å²) in [7, 11) is 3.47. The van der Waals surface area contributed by atoms with Gasteiger partial charge < -0.3 is 14.5 Å². The first-order valence-corrected chi connectivity index (χ1v) is 10.8. The van der Waals surface area contributed by atoms with Gasteiger partial charge in [-0.15, -0.1) is 11.3 Å². The second-order valence-corrected chi connectivity index (χ2v) is 9.82. The summed E-state index contributed by atoms with van der Waals surface area (Å²) in [5, 5.41) is 2.06. The van der Waals surface area contributed by atoms with Gasteiger partial charge in [-0.05, 0) is 22.6 Å². The Morgan fingerprint density at radius 2 is 1.86 bits per heavy atom. The predicted octanol–water partition coefficient (Wildman–Crippen LogP) is 3.69. The minimum atomic E-state index is -1.06. The van der Waals surface area contributed by atoms with Crippen LogP contribution < -0.4 is 0 Å². The Morgan fingerprint density at radius 1 is 1.17 bits per heavy atom. The van der Waals surface area contributed by atoms with Crippen LogP contribution in [0.2, 0.25) is 0 Å². The van der Waals surface area contributed by atoms with Crippen molar-refractivity contribution in [2.45, 2.75) is 32.8 Å². The van der Waals surface area contributed by atoms with Crippen molar-refractivity contribution in [1.29, 1.82) is 0 Å². The molecule has 3 rings (SSSR count). The molecule has 0 spiro atoms. The second kappa shape index (κ2) is 8.28. The van der Waals surface area contributed by atoms with Gasteiger partial charge in [0.15, 0.2) is 5.60 Å². The van der Waals surface area contributed by atoms with Gasteiger partial charge in [-0.3, -0.25) is 9.59 Å². The third-order valence-corrected chi connectivity index (χ3v) is 6.08. The fraction of sp³-hybridized carbons (Fsp3) is 0.478. The molecule has 1 aliphatic heterocycles. The Morgan fingerprint density at radius 3 is 2.41 bits per heavy atom. The zero-order valence-electron chi connectivity index (χ0n) is 17.9. The largest absolute Gasteiger partial charge is 0.361 e. The summed E-state index contributed by atoms with van der Waals surface area (Å²) in [5.74, 6) is -0.0592. The molecule has 1 aromatic heterocycles. The van der Waals surface area contributed by atoms with E-state index in [0.29, 0.717) is 19.6 Å². The number of hydrogen-bond acceptors (Lipinski definition) is 4. The monoisotopic (exact) mass is 414 g/mol. The summed E-state index contributed by atoms with van der Waals surface area (Å²) in [6, 6.07) is 12.4. The van der Waals surface area contributed by atoms with E-state index in [-0.39, 0.29) is 18.4 Å². The minimum Gasteiger partial charge on any atom is -0.361 e. The normalized spacial score (nSPS) is 19.8. The highest BCUT2D eigenvalue weighted by atomic mass is 32.1. The number of carbonyl (C=O) groups excluding carboxylic acids is 2. The first-order valence-electron chi connectivity index (χ1n) is 9.90. The van der Waals surface area contributed by atoms with Crippen molar-refractivity contribution >= 4 is 23.2 Å². The average molecular weight is 415 g/mol. The first kappa shape index (κ1) is 21.5. The third-order valence-electron chi connectivity index (χ3n) is 5.16. The molecule has 1 aromatic carbocycles. The zero-order valence-corrected chi connectivity index (χ0v) is 18.7. The van der Waals surface area contributed by atoms with Gasteiger partial charge in [-0.1, -0.05) is 51.1 Å². The lowest BCUT2D eigenvalue weighted by Crippen LogP contribution is -2.62. The summed E-state index contributed by atoms with van der Waals surface area (Å²) in [4.78, 5) is 30.6. The van der Waals surface area contributed by atoms with E-state index in [9.17, 15) is 9.59 Å². The number of likely N-dealkylation sites (N-methyl/N-ethyl adjacent to an activating group) is 1. The van der Waals surface area contributed by atoms with Crippen molar-refractivity contribution < 1.29 is 14.3 Å². The maximum absolute atomic E-state index is 13.2. The van der Waals surface area contributed by atoms with Crippen molar-refractivity contribution in [3.8, 4) is 10.4 Å². The number of nitrogens with zero attached hydrogens (tertiary/aromatic N) is 2. The molecule has 1 aliphatic rings. The molecule has 0 bridgehead atoms. The second-order valence-electron chi connectivity index (χ2n) is 8.87. The summed E-state index contributed by atoms with van der Waals surface area (Å²) < 4.78 is 6.11. The molecule has 29 heavy (non-hydrogen) atoms. The van der Waals surface area contributed by atoms with Crippen molar-refractivity contribution in [3.05, 3.63) is 47.3 Å². The number of rotatable bonds is 4. The van der Waals surface area contributed by atoms with E-state index >= 15 is 0 Å². The van der Waals surface area contributed by atoms with E-state index in [1.165, 1.54) is 4.88 Å². The van der Waals surface area contributed by atoms with Crippen molar-refractivity contribution in [2.75, 3.05) is 33.8 Å². The van der Waals surface area contributed by atoms with Crippen LogP contribution in [0, 0.1) is 5.41 Å². The first-order chi connectivity index (χ1) is 13.6. The third kappa shape index (κ3) is 4.70. The number of carbonyl (C=O) groups is 2. The molecule has 2 heterocycles. The quantitative estimate of drug-likeness (QED) is 0.767. The van der Waals surface area contributed by atoms with Crippen LogP contribution in [0.1, 0.15) is 26.3 Å². The lowest BCUT2D eigenvalue weighted by Gasteiger charge is -2.44. The minimum absolute atomic E-state index is 0.0461. The van der Waals surface area contributed by atoms with E-state index in [0.717, 1.165) is 11.1 Å². The van der Waals surface area contributed by atoms with E-state index in [1.807, 2.05) is 39.0 Å². The van der Waals surface area contributed by atoms with Gasteiger partial charge >= 0.3 is 0 Å². The number of amides is 2. The summed E-state index contributed by atoms with van der Waals surface area (Å²) in [5.41, 5.74) is 0.621. The van der Waals surface area contributed by atoms with Crippen LogP contribution in [0.5, 0.6) is 0 Å². The predicted molar refractivity (Wildman–Crippen MR) is 117 cm³/mol. The molecule has 0 saturated carbocycles. The standard InChI is InChI=1S/C23H30N2O3S/c1-22(2,3)20(26)25-12-13-28-23(16-25,21(27)24(4)5)15-17-8-10-18(11-9-17)19-7-6-14-29-19/h6-11,14H,12-13,15-16H2,1-5H3. The van der Waals surface area contributed by atoms with Gasteiger partial charge in [-0.25, -0.2) is 0 Å². The molecule has 2 aromatic rings. The van der Waals surface area contributed by atoms with Gasteiger partial charge in [0.05, 0.1) is 13.2 Å². The highest BCUT2D eigenvalue weighted by molar-refractivity contribution is 7.13. The fourth-order valence-electron chi connectivity index (χ4n) is 3.71. The molecule has 1 saturated heterocycles. The van der Waals surface area contributed by atoms with Gasteiger partial charge in [0.25, 0.3) is 5.91 Å². The smallest absolute Gasteiger partial charge is 0.256 e. The van der Waals surface area contributed by atoms with Crippen molar-refractivity contribution in [2.24, 2.45) is 5.41 Å². The molecule has 1 atom stereocenters. The fourth-order valence-corrected chi connectivity index (χ4v) is 4.44. The summed E-state index contributed by atoms with van der Waals surface area (Å²) in [6.45, 7) is 6.86. The maximum atomic E-state index is 13.2. The molecular weight excluding hydrogens is 384 g/mol. The summed E-state index contributed by atoms with van der Waals surface area (Å²) in [6.07, 6.45) is 0.433. The number of hydrogen-bond donors (Lipinski definition) is 0. The highest BCUT2D eigenvalue weighted by Gasteiger charge is 2.47. The molecule has 156 valence electrons. The van der Waals surface area contributed by atoms with Crippen LogP contribution >= 0.6 is 11.3 Å². The van der Waals surface area contributed by atoms with Crippen LogP contribution in [-0.4, -0.2) is 61.0 Å². The van der Waals surface area contributed by atoms with Gasteiger partial charge in [0, 0.05) is 37.4 Å². The number of morpholine rings is 1. The average Bonchev–Trinajstić information content (AvgIpc) is 3.21. The van der Waals surface area contributed by atoms with Crippen LogP contribution in [0.15, 0.2) is 41.8 Å². The molecule has 6 heteroatoms. The Labute approximate surface area is 177 Å². The van der Waals surface area contributed by atoms with Crippen molar-refractivity contribution in [3.63, 3.8) is 0 Å². The van der Waals surface area contributed by atoms with E-state index in [1.54, 1.807) is 35.2 Å². The Hall–Kier alpha value is -2.18. The van der Waals surface area contributed by atoms with Crippen LogP contribution in [0.3, 0.4) is 0 Å². The maximum Gasteiger partial charge on any atom is 0.256 e. The van der Waals surface area contributed by atoms with Crippen LogP contribution in [-0.2, 0) is 20.7 Å². The van der Waals surface area contributed by atoms with E-state index in [4.69, 9.17) is 4.74 Å². The molecular formula is C23H30N2O3S. The number of thiophene rings is 1. The number of ether oxygens (including phenoxy) is 1. The van der Waals surface area contributed by atoms with Crippen molar-refractivity contribution in [1.82, 2.24) is 9.80 Å². The van der Waals surface area contributed by atoms with E-state index in [2.05, 4.69) is 23.6 Å². The molecule has 1 fully saturated rings.